The summed E-state index contributed by atoms with van der Waals surface area (Å²) < 4.78 is 65.9. The number of hydrogen-bond donors (Lipinski definition) is 0. The molecular weight excluding hydrogens is 589 g/mol. The highest BCUT2D eigenvalue weighted by Crippen LogP contribution is 2.53. The van der Waals surface area contributed by atoms with E-state index in [2.05, 4.69) is 0 Å². The van der Waals surface area contributed by atoms with Gasteiger partial charge in [0.1, 0.15) is 24.0 Å². The predicted molar refractivity (Wildman–Crippen MR) is 158 cm³/mol. The minimum atomic E-state index is -5.13. The van der Waals surface area contributed by atoms with Crippen LogP contribution in [0.2, 0.25) is 0 Å². The summed E-state index contributed by atoms with van der Waals surface area (Å²) >= 11 is 0. The normalized spacial score (nSPS) is 34.4. The zero-order valence-electron chi connectivity index (χ0n) is 25.7. The molecule has 0 saturated carbocycles. The van der Waals surface area contributed by atoms with Crippen molar-refractivity contribution in [3.05, 3.63) is 106 Å². The molecule has 3 heterocycles. The number of carbonyl (C=O) groups is 3. The smallest absolute Gasteiger partial charge is 0.432 e. The first-order valence-electron chi connectivity index (χ1n) is 14.7. The first-order chi connectivity index (χ1) is 21.2. The summed E-state index contributed by atoms with van der Waals surface area (Å²) in [7, 11) is 0.813. The number of hydrogen-bond acceptors (Lipinski definition) is 7. The lowest BCUT2D eigenvalue weighted by Crippen LogP contribution is -2.53. The van der Waals surface area contributed by atoms with Crippen LogP contribution in [0.1, 0.15) is 46.1 Å². The molecule has 5 atom stereocenters. The summed E-state index contributed by atoms with van der Waals surface area (Å²) in [5.41, 5.74) is -4.24. The van der Waals surface area contributed by atoms with Crippen LogP contribution < -0.4 is 0 Å². The minimum Gasteiger partial charge on any atom is -0.488 e. The SMILES string of the molecule is CO[C@](C(=O)O[C@H]1/C=C2C=C/C(=C3\C(=O)O[C@]4(C[C@H](C)C(C)=C[C@]4(C)/C=C(C)/C=C/C1)C3=O)OC/2)(c1ccccc1)C(F)(F)F. The molecule has 3 aliphatic heterocycles. The van der Waals surface area contributed by atoms with Crippen molar-refractivity contribution in [2.24, 2.45) is 11.3 Å². The minimum absolute atomic E-state index is 0.0230. The van der Waals surface area contributed by atoms with Crippen molar-refractivity contribution in [2.45, 2.75) is 64.0 Å². The number of halogens is 3. The zero-order valence-corrected chi connectivity index (χ0v) is 25.7. The Kier molecular flexibility index (Phi) is 8.33. The molecule has 0 N–H and O–H groups in total. The lowest BCUT2D eigenvalue weighted by Gasteiger charge is -2.45. The quantitative estimate of drug-likeness (QED) is 0.214. The number of alkyl halides is 3. The van der Waals surface area contributed by atoms with Crippen LogP contribution in [-0.4, -0.2) is 49.3 Å². The second kappa shape index (κ2) is 11.6. The molecule has 10 heteroatoms. The Hall–Kier alpha value is -4.18. The number of fused-ring (bicyclic) bond motifs is 5. The topological polar surface area (TPSA) is 88.1 Å². The highest BCUT2D eigenvalue weighted by molar-refractivity contribution is 6.26. The molecule has 0 unspecified atom stereocenters. The lowest BCUT2D eigenvalue weighted by atomic mass is 9.61. The van der Waals surface area contributed by atoms with Gasteiger partial charge in [-0.05, 0) is 44.4 Å². The Morgan fingerprint density at radius 3 is 2.38 bits per heavy atom. The highest BCUT2D eigenvalue weighted by atomic mass is 19.4. The summed E-state index contributed by atoms with van der Waals surface area (Å²) in [6, 6.07) is 6.60. The Morgan fingerprint density at radius 2 is 1.76 bits per heavy atom. The number of carbonyl (C=O) groups excluding carboxylic acids is 3. The van der Waals surface area contributed by atoms with Crippen LogP contribution in [0.5, 0.6) is 0 Å². The molecule has 1 spiro atoms. The second-order valence-corrected chi connectivity index (χ2v) is 12.1. The van der Waals surface area contributed by atoms with Crippen LogP contribution in [0.25, 0.3) is 0 Å². The number of methoxy groups -OCH3 is 1. The molecule has 1 saturated heterocycles. The Labute approximate surface area is 259 Å². The van der Waals surface area contributed by atoms with Crippen molar-refractivity contribution in [2.75, 3.05) is 13.7 Å². The molecule has 7 nitrogen and oxygen atoms in total. The third-order valence-corrected chi connectivity index (χ3v) is 9.03. The van der Waals surface area contributed by atoms with E-state index in [4.69, 9.17) is 18.9 Å². The molecular formula is C35H35F3O7. The third-order valence-electron chi connectivity index (χ3n) is 9.03. The number of ketones is 1. The summed E-state index contributed by atoms with van der Waals surface area (Å²) in [5, 5.41) is 0. The van der Waals surface area contributed by atoms with Crippen molar-refractivity contribution < 1.29 is 46.5 Å². The van der Waals surface area contributed by atoms with Crippen LogP contribution in [0, 0.1) is 11.3 Å². The van der Waals surface area contributed by atoms with E-state index in [-0.39, 0.29) is 36.7 Å². The van der Waals surface area contributed by atoms with Gasteiger partial charge in [-0.3, -0.25) is 4.79 Å². The number of ether oxygens (including phenoxy) is 4. The van der Waals surface area contributed by atoms with Gasteiger partial charge in [0.05, 0.1) is 5.41 Å². The van der Waals surface area contributed by atoms with Crippen LogP contribution in [-0.2, 0) is 38.9 Å². The average molecular weight is 625 g/mol. The lowest BCUT2D eigenvalue weighted by molar-refractivity contribution is -0.277. The number of rotatable bonds is 4. The molecule has 6 rings (SSSR count). The maximum Gasteiger partial charge on any atom is 0.432 e. The highest BCUT2D eigenvalue weighted by Gasteiger charge is 2.65. The molecule has 1 aromatic carbocycles. The second-order valence-electron chi connectivity index (χ2n) is 12.1. The van der Waals surface area contributed by atoms with Gasteiger partial charge in [-0.1, -0.05) is 78.8 Å². The fourth-order valence-corrected chi connectivity index (χ4v) is 6.56. The van der Waals surface area contributed by atoms with Gasteiger partial charge in [-0.15, -0.1) is 0 Å². The van der Waals surface area contributed by atoms with Crippen LogP contribution in [0.15, 0.2) is 101 Å². The van der Waals surface area contributed by atoms with Crippen molar-refractivity contribution in [3.63, 3.8) is 0 Å². The van der Waals surface area contributed by atoms with Gasteiger partial charge in [0, 0.05) is 25.5 Å². The largest absolute Gasteiger partial charge is 0.488 e. The fraction of sp³-hybridized carbons (Fsp3) is 0.400. The van der Waals surface area contributed by atoms with Gasteiger partial charge >= 0.3 is 18.1 Å². The molecule has 238 valence electrons. The van der Waals surface area contributed by atoms with Crippen LogP contribution in [0.3, 0.4) is 0 Å². The van der Waals surface area contributed by atoms with Gasteiger partial charge in [0.25, 0.3) is 5.60 Å². The maximum absolute atomic E-state index is 14.5. The number of benzene rings is 1. The molecule has 4 bridgehead atoms. The van der Waals surface area contributed by atoms with E-state index in [1.165, 1.54) is 30.4 Å². The number of allylic oxidation sites excluding steroid dienone is 4. The first kappa shape index (κ1) is 32.2. The molecule has 0 radical (unpaired) electrons. The van der Waals surface area contributed by atoms with E-state index in [0.29, 0.717) is 11.1 Å². The van der Waals surface area contributed by atoms with E-state index in [1.807, 2.05) is 32.9 Å². The van der Waals surface area contributed by atoms with Gasteiger partial charge in [-0.25, -0.2) is 9.59 Å². The summed E-state index contributed by atoms with van der Waals surface area (Å²) in [6.07, 6.45) is 5.73. The molecule has 0 aromatic heterocycles. The molecule has 5 aliphatic rings. The number of Topliss-reactive ketones (excluding diaryl/α,β-unsaturated/α-hetero) is 1. The van der Waals surface area contributed by atoms with Crippen molar-refractivity contribution >= 4 is 17.7 Å². The summed E-state index contributed by atoms with van der Waals surface area (Å²) in [5.74, 6) is -2.84. The first-order valence-corrected chi connectivity index (χ1v) is 14.7. The monoisotopic (exact) mass is 624 g/mol. The number of esters is 2. The average Bonchev–Trinajstić information content (AvgIpc) is 3.22. The standard InChI is InChI=1S/C35H35F3O7/c1-21-10-9-13-26(44-31(41)34(42-5,35(36,37)38)25-11-7-6-8-12-25)16-24-14-15-27(43-20-24)28-29(39)33(45-30(28)40)19-23(3)22(2)18-32(33,4)17-21/h6-12,14-18,23,26H,13,19-20H2,1-5H3/b10-9+,21-17+,24-16-,28-27+/t23-,26+,32-,33+,34-/m0/s1. The van der Waals surface area contributed by atoms with Gasteiger partial charge in [0.2, 0.25) is 5.78 Å². The summed E-state index contributed by atoms with van der Waals surface area (Å²) in [4.78, 5) is 40.8. The van der Waals surface area contributed by atoms with Gasteiger partial charge in [0.15, 0.2) is 5.60 Å². The van der Waals surface area contributed by atoms with Crippen molar-refractivity contribution in [1.82, 2.24) is 0 Å². The molecule has 0 amide bonds. The van der Waals surface area contributed by atoms with E-state index in [9.17, 15) is 27.6 Å². The van der Waals surface area contributed by atoms with Gasteiger partial charge < -0.3 is 18.9 Å². The van der Waals surface area contributed by atoms with Crippen LogP contribution >= 0.6 is 0 Å². The van der Waals surface area contributed by atoms with E-state index < -0.39 is 52.2 Å². The Balaban J connectivity index is 1.59. The molecule has 2 aliphatic carbocycles. The van der Waals surface area contributed by atoms with Crippen molar-refractivity contribution in [3.8, 4) is 0 Å². The van der Waals surface area contributed by atoms with E-state index in [1.54, 1.807) is 25.2 Å². The van der Waals surface area contributed by atoms with E-state index >= 15 is 0 Å². The Bertz CT molecular complexity index is 1600. The van der Waals surface area contributed by atoms with E-state index in [0.717, 1.165) is 24.8 Å². The molecule has 1 aromatic rings. The van der Waals surface area contributed by atoms with Crippen LogP contribution in [0.4, 0.5) is 13.2 Å². The zero-order chi connectivity index (χ0) is 32.8. The fourth-order valence-electron chi connectivity index (χ4n) is 6.56. The van der Waals surface area contributed by atoms with Gasteiger partial charge in [-0.2, -0.15) is 13.2 Å². The van der Waals surface area contributed by atoms with Crippen molar-refractivity contribution in [1.29, 1.82) is 0 Å². The molecule has 1 fully saturated rings. The predicted octanol–water partition coefficient (Wildman–Crippen LogP) is 6.53. The maximum atomic E-state index is 14.5. The molecule has 45 heavy (non-hydrogen) atoms. The third kappa shape index (κ3) is 5.39. The summed E-state index contributed by atoms with van der Waals surface area (Å²) in [6.45, 7) is 7.45. The Morgan fingerprint density at radius 1 is 1.04 bits per heavy atom.